The van der Waals surface area contributed by atoms with Gasteiger partial charge in [0.25, 0.3) is 5.91 Å². The number of hydrazone groups is 1. The van der Waals surface area contributed by atoms with Crippen molar-refractivity contribution in [3.63, 3.8) is 0 Å². The van der Waals surface area contributed by atoms with E-state index in [4.69, 9.17) is 11.6 Å². The minimum Gasteiger partial charge on any atom is -0.272 e. The van der Waals surface area contributed by atoms with Crippen molar-refractivity contribution in [1.82, 2.24) is 0 Å². The zero-order valence-corrected chi connectivity index (χ0v) is 9.44. The maximum atomic E-state index is 12.1. The topological polar surface area (TPSA) is 32.7 Å². The Labute approximate surface area is 98.7 Å². The molecule has 1 fully saturated rings. The van der Waals surface area contributed by atoms with Crippen LogP contribution in [0.4, 0.5) is 5.69 Å². The minimum absolute atomic E-state index is 0.0377. The van der Waals surface area contributed by atoms with Crippen LogP contribution in [0.15, 0.2) is 29.4 Å². The predicted octanol–water partition coefficient (Wildman–Crippen LogP) is 2.84. The van der Waals surface area contributed by atoms with E-state index >= 15 is 0 Å². The number of fused-ring (bicyclic) bond motifs is 1. The number of carbonyl (C=O) groups is 1. The van der Waals surface area contributed by atoms with Crippen LogP contribution < -0.4 is 5.01 Å². The van der Waals surface area contributed by atoms with Crippen molar-refractivity contribution in [3.05, 3.63) is 29.3 Å². The number of hydrogen-bond acceptors (Lipinski definition) is 2. The highest BCUT2D eigenvalue weighted by atomic mass is 35.5. The molecule has 1 unspecified atom stereocenters. The Balaban J connectivity index is 1.94. The third kappa shape index (κ3) is 1.43. The fourth-order valence-corrected chi connectivity index (χ4v) is 2.43. The highest BCUT2D eigenvalue weighted by molar-refractivity contribution is 6.30. The van der Waals surface area contributed by atoms with E-state index < -0.39 is 0 Å². The van der Waals surface area contributed by atoms with E-state index in [0.717, 1.165) is 30.7 Å². The van der Waals surface area contributed by atoms with Gasteiger partial charge in [-0.3, -0.25) is 4.79 Å². The first-order valence-corrected chi connectivity index (χ1v) is 5.80. The second kappa shape index (κ2) is 3.59. The summed E-state index contributed by atoms with van der Waals surface area (Å²) in [6.45, 7) is 0. The van der Waals surface area contributed by atoms with Gasteiger partial charge < -0.3 is 0 Å². The molecule has 0 aromatic heterocycles. The van der Waals surface area contributed by atoms with Crippen molar-refractivity contribution in [2.24, 2.45) is 11.0 Å². The molecule has 1 aromatic rings. The molecule has 1 atom stereocenters. The number of hydrogen-bond donors (Lipinski definition) is 0. The number of anilines is 1. The second-order valence-corrected chi connectivity index (χ2v) is 4.60. The van der Waals surface area contributed by atoms with E-state index in [9.17, 15) is 4.79 Å². The molecule has 0 spiro atoms. The van der Waals surface area contributed by atoms with Crippen LogP contribution in [-0.2, 0) is 4.79 Å². The van der Waals surface area contributed by atoms with Crippen LogP contribution >= 0.6 is 11.6 Å². The lowest BCUT2D eigenvalue weighted by Gasteiger charge is -2.13. The van der Waals surface area contributed by atoms with Gasteiger partial charge in [-0.25, -0.2) is 5.01 Å². The summed E-state index contributed by atoms with van der Waals surface area (Å²) in [6.07, 6.45) is 2.99. The predicted molar refractivity (Wildman–Crippen MR) is 63.7 cm³/mol. The van der Waals surface area contributed by atoms with Gasteiger partial charge in [-0.15, -0.1) is 0 Å². The number of rotatable bonds is 1. The largest absolute Gasteiger partial charge is 0.272 e. The lowest BCUT2D eigenvalue weighted by Crippen LogP contribution is -2.25. The van der Waals surface area contributed by atoms with Crippen LogP contribution in [0.5, 0.6) is 0 Å². The van der Waals surface area contributed by atoms with E-state index in [1.807, 2.05) is 12.1 Å². The molecular weight excluding hydrogens is 224 g/mol. The van der Waals surface area contributed by atoms with E-state index in [1.165, 1.54) is 5.01 Å². The molecule has 0 bridgehead atoms. The Morgan fingerprint density at radius 3 is 2.75 bits per heavy atom. The Kier molecular flexibility index (Phi) is 2.21. The van der Waals surface area contributed by atoms with Gasteiger partial charge in [-0.1, -0.05) is 11.6 Å². The van der Waals surface area contributed by atoms with E-state index in [0.29, 0.717) is 5.02 Å². The lowest BCUT2D eigenvalue weighted by molar-refractivity contribution is -0.119. The Morgan fingerprint density at radius 2 is 2.06 bits per heavy atom. The van der Waals surface area contributed by atoms with Gasteiger partial charge in [0.05, 0.1) is 17.3 Å². The highest BCUT2D eigenvalue weighted by Gasteiger charge is 2.39. The van der Waals surface area contributed by atoms with Crippen LogP contribution in [0.25, 0.3) is 0 Å². The molecule has 1 aliphatic carbocycles. The molecule has 0 radical (unpaired) electrons. The number of benzene rings is 1. The maximum absolute atomic E-state index is 12.1. The number of amides is 1. The van der Waals surface area contributed by atoms with E-state index in [1.54, 1.807) is 12.1 Å². The average Bonchev–Trinajstić information content (AvgIpc) is 2.84. The fraction of sp³-hybridized carbons (Fsp3) is 0.333. The molecule has 1 aliphatic heterocycles. The van der Waals surface area contributed by atoms with Gasteiger partial charge >= 0.3 is 0 Å². The first-order chi connectivity index (χ1) is 7.75. The normalized spacial score (nSPS) is 23.6. The van der Waals surface area contributed by atoms with Gasteiger partial charge in [0, 0.05) is 5.02 Å². The SMILES string of the molecule is O=C1C2CCCC2=NN1c1ccc(Cl)cc1. The van der Waals surface area contributed by atoms with Crippen LogP contribution in [0, 0.1) is 5.92 Å². The van der Waals surface area contributed by atoms with Crippen LogP contribution in [0.1, 0.15) is 19.3 Å². The molecule has 1 saturated carbocycles. The summed E-state index contributed by atoms with van der Waals surface area (Å²) in [4.78, 5) is 12.1. The quantitative estimate of drug-likeness (QED) is 0.736. The zero-order valence-electron chi connectivity index (χ0n) is 8.69. The summed E-state index contributed by atoms with van der Waals surface area (Å²) >= 11 is 5.81. The molecule has 0 N–H and O–H groups in total. The molecule has 82 valence electrons. The van der Waals surface area contributed by atoms with Crippen molar-refractivity contribution in [3.8, 4) is 0 Å². The van der Waals surface area contributed by atoms with Crippen molar-refractivity contribution in [1.29, 1.82) is 0 Å². The zero-order chi connectivity index (χ0) is 11.1. The van der Waals surface area contributed by atoms with Gasteiger partial charge in [0.15, 0.2) is 0 Å². The van der Waals surface area contributed by atoms with Crippen molar-refractivity contribution in [2.75, 3.05) is 5.01 Å². The summed E-state index contributed by atoms with van der Waals surface area (Å²) in [5.74, 6) is 0.144. The van der Waals surface area contributed by atoms with Crippen molar-refractivity contribution < 1.29 is 4.79 Å². The van der Waals surface area contributed by atoms with Gasteiger partial charge in [-0.2, -0.15) is 5.10 Å². The number of halogens is 1. The lowest BCUT2D eigenvalue weighted by atomic mass is 10.1. The molecule has 4 heteroatoms. The molecule has 3 rings (SSSR count). The maximum Gasteiger partial charge on any atom is 0.256 e. The first kappa shape index (κ1) is 9.85. The number of nitrogens with zero attached hydrogens (tertiary/aromatic N) is 2. The molecule has 0 saturated heterocycles. The highest BCUT2D eigenvalue weighted by Crippen LogP contribution is 2.33. The Morgan fingerprint density at radius 1 is 1.31 bits per heavy atom. The summed E-state index contributed by atoms with van der Waals surface area (Å²) in [5.41, 5.74) is 1.84. The third-order valence-corrected chi connectivity index (χ3v) is 3.39. The monoisotopic (exact) mass is 234 g/mol. The summed E-state index contributed by atoms with van der Waals surface area (Å²) < 4.78 is 0. The molecular formula is C12H11ClN2O. The van der Waals surface area contributed by atoms with Crippen molar-refractivity contribution >= 4 is 28.9 Å². The minimum atomic E-state index is 0.0377. The third-order valence-electron chi connectivity index (χ3n) is 3.13. The van der Waals surface area contributed by atoms with Crippen molar-refractivity contribution in [2.45, 2.75) is 19.3 Å². The standard InChI is InChI=1S/C12H11ClN2O/c13-8-4-6-9(7-5-8)15-12(16)10-2-1-3-11(10)14-15/h4-7,10H,1-3H2. The smallest absolute Gasteiger partial charge is 0.256 e. The van der Waals surface area contributed by atoms with E-state index in [-0.39, 0.29) is 11.8 Å². The molecule has 16 heavy (non-hydrogen) atoms. The molecule has 1 heterocycles. The molecule has 2 aliphatic rings. The van der Waals surface area contributed by atoms with Gasteiger partial charge in [0.2, 0.25) is 0 Å². The van der Waals surface area contributed by atoms with E-state index in [2.05, 4.69) is 5.10 Å². The van der Waals surface area contributed by atoms with Crippen LogP contribution in [0.2, 0.25) is 5.02 Å². The second-order valence-electron chi connectivity index (χ2n) is 4.16. The first-order valence-electron chi connectivity index (χ1n) is 5.42. The summed E-state index contributed by atoms with van der Waals surface area (Å²) in [5, 5.41) is 6.57. The molecule has 1 amide bonds. The Hall–Kier alpha value is -1.35. The van der Waals surface area contributed by atoms with Crippen LogP contribution in [0.3, 0.4) is 0 Å². The van der Waals surface area contributed by atoms with Gasteiger partial charge in [0.1, 0.15) is 0 Å². The average molecular weight is 235 g/mol. The fourth-order valence-electron chi connectivity index (χ4n) is 2.31. The van der Waals surface area contributed by atoms with Crippen LogP contribution in [-0.4, -0.2) is 11.6 Å². The summed E-state index contributed by atoms with van der Waals surface area (Å²) in [6, 6.07) is 7.20. The molecule has 3 nitrogen and oxygen atoms in total. The Bertz CT molecular complexity index is 466. The van der Waals surface area contributed by atoms with Gasteiger partial charge in [-0.05, 0) is 43.5 Å². The molecule has 1 aromatic carbocycles. The summed E-state index contributed by atoms with van der Waals surface area (Å²) in [7, 11) is 0. The number of carbonyl (C=O) groups excluding carboxylic acids is 1.